The molecule has 1 aliphatic heterocycles. The minimum Gasteiger partial charge on any atom is -0.315 e. The second-order valence-corrected chi connectivity index (χ2v) is 5.92. The summed E-state index contributed by atoms with van der Waals surface area (Å²) in [6, 6.07) is 1.95. The zero-order chi connectivity index (χ0) is 11.8. The van der Waals surface area contributed by atoms with E-state index < -0.39 is 0 Å². The third-order valence-corrected chi connectivity index (χ3v) is 3.37. The van der Waals surface area contributed by atoms with Gasteiger partial charge in [-0.15, -0.1) is 0 Å². The van der Waals surface area contributed by atoms with Gasteiger partial charge in [-0.3, -0.25) is 4.79 Å². The van der Waals surface area contributed by atoms with Crippen molar-refractivity contribution >= 4 is 22.4 Å². The van der Waals surface area contributed by atoms with Crippen LogP contribution in [0.3, 0.4) is 0 Å². The predicted octanol–water partition coefficient (Wildman–Crippen LogP) is 1.74. The van der Waals surface area contributed by atoms with Crippen LogP contribution in [0, 0.1) is 0 Å². The first-order valence-corrected chi connectivity index (χ1v) is 6.25. The molecule has 16 heavy (non-hydrogen) atoms. The minimum atomic E-state index is -0.0137. The Hall–Kier alpha value is -0.940. The Kier molecular flexibility index (Phi) is 2.99. The third-order valence-electron chi connectivity index (χ3n) is 2.67. The molecule has 1 atom stereocenters. The average molecular weight is 239 g/mol. The van der Waals surface area contributed by atoms with Gasteiger partial charge in [0.25, 0.3) is 0 Å². The molecule has 1 aromatic heterocycles. The molecule has 0 saturated carbocycles. The molecule has 88 valence electrons. The van der Waals surface area contributed by atoms with Crippen LogP contribution >= 0.6 is 11.5 Å². The lowest BCUT2D eigenvalue weighted by molar-refractivity contribution is -0.119. The van der Waals surface area contributed by atoms with E-state index in [2.05, 4.69) is 35.8 Å². The molecule has 5 heteroatoms. The van der Waals surface area contributed by atoms with Crippen molar-refractivity contribution in [2.45, 2.75) is 38.6 Å². The standard InChI is InChI=1S/C11H17N3OS/c1-11(2,3)8-6-9(16-14-8)13-10(15)7-4-5-12-7/h6-7,12H,4-5H2,1-3H3,(H,13,15)/t7-/m0/s1. The number of carbonyl (C=O) groups is 1. The van der Waals surface area contributed by atoms with E-state index >= 15 is 0 Å². The van der Waals surface area contributed by atoms with Crippen molar-refractivity contribution in [3.63, 3.8) is 0 Å². The Balaban J connectivity index is 1.99. The van der Waals surface area contributed by atoms with Gasteiger partial charge in [0.05, 0.1) is 11.7 Å². The number of amides is 1. The number of rotatable bonds is 2. The van der Waals surface area contributed by atoms with Gasteiger partial charge in [-0.05, 0) is 30.6 Å². The van der Waals surface area contributed by atoms with Gasteiger partial charge in [-0.1, -0.05) is 20.8 Å². The lowest BCUT2D eigenvalue weighted by Crippen LogP contribution is -2.50. The summed E-state index contributed by atoms with van der Waals surface area (Å²) in [5.41, 5.74) is 1.06. The maximum Gasteiger partial charge on any atom is 0.242 e. The van der Waals surface area contributed by atoms with Gasteiger partial charge in [0.2, 0.25) is 5.91 Å². The smallest absolute Gasteiger partial charge is 0.242 e. The quantitative estimate of drug-likeness (QED) is 0.826. The van der Waals surface area contributed by atoms with Crippen LogP contribution in [0.1, 0.15) is 32.9 Å². The fraction of sp³-hybridized carbons (Fsp3) is 0.636. The molecule has 0 unspecified atom stereocenters. The van der Waals surface area contributed by atoms with Crippen molar-refractivity contribution in [2.75, 3.05) is 11.9 Å². The predicted molar refractivity (Wildman–Crippen MR) is 65.9 cm³/mol. The first-order valence-electron chi connectivity index (χ1n) is 5.48. The van der Waals surface area contributed by atoms with E-state index in [1.165, 1.54) is 11.5 Å². The van der Waals surface area contributed by atoms with Crippen LogP contribution in [0.15, 0.2) is 6.07 Å². The van der Waals surface area contributed by atoms with E-state index in [9.17, 15) is 4.79 Å². The monoisotopic (exact) mass is 239 g/mol. The number of carbonyl (C=O) groups excluding carboxylic acids is 1. The molecule has 0 bridgehead atoms. The largest absolute Gasteiger partial charge is 0.315 e. The molecule has 1 saturated heterocycles. The van der Waals surface area contributed by atoms with Crippen LogP contribution in [0.5, 0.6) is 0 Å². The highest BCUT2D eigenvalue weighted by Gasteiger charge is 2.25. The molecule has 0 spiro atoms. The first kappa shape index (κ1) is 11.5. The van der Waals surface area contributed by atoms with Gasteiger partial charge in [-0.2, -0.15) is 4.37 Å². The van der Waals surface area contributed by atoms with Crippen LogP contribution in [0.4, 0.5) is 5.00 Å². The molecule has 1 amide bonds. The molecular formula is C11H17N3OS. The summed E-state index contributed by atoms with van der Waals surface area (Å²) in [5, 5.41) is 6.80. The fourth-order valence-electron chi connectivity index (χ4n) is 1.41. The van der Waals surface area contributed by atoms with Crippen LogP contribution < -0.4 is 10.6 Å². The highest BCUT2D eigenvalue weighted by molar-refractivity contribution is 7.10. The van der Waals surface area contributed by atoms with Gasteiger partial charge < -0.3 is 10.6 Å². The van der Waals surface area contributed by atoms with Gasteiger partial charge >= 0.3 is 0 Å². The van der Waals surface area contributed by atoms with E-state index in [1.807, 2.05) is 6.07 Å². The summed E-state index contributed by atoms with van der Waals surface area (Å²) in [6.07, 6.45) is 0.927. The topological polar surface area (TPSA) is 54.0 Å². The van der Waals surface area contributed by atoms with E-state index in [4.69, 9.17) is 0 Å². The highest BCUT2D eigenvalue weighted by atomic mass is 32.1. The van der Waals surface area contributed by atoms with Gasteiger partial charge in [-0.25, -0.2) is 0 Å². The molecule has 1 fully saturated rings. The van der Waals surface area contributed by atoms with Gasteiger partial charge in [0.15, 0.2) is 0 Å². The third kappa shape index (κ3) is 2.41. The lowest BCUT2D eigenvalue weighted by Gasteiger charge is -2.25. The molecule has 0 radical (unpaired) electrons. The SMILES string of the molecule is CC(C)(C)c1cc(NC(=O)[C@@H]2CCN2)sn1. The number of hydrogen-bond acceptors (Lipinski definition) is 4. The van der Waals surface area contributed by atoms with Crippen molar-refractivity contribution in [2.24, 2.45) is 0 Å². The number of nitrogens with zero attached hydrogens (tertiary/aromatic N) is 1. The Bertz CT molecular complexity index is 390. The summed E-state index contributed by atoms with van der Waals surface area (Å²) in [4.78, 5) is 11.7. The summed E-state index contributed by atoms with van der Waals surface area (Å²) in [7, 11) is 0. The second-order valence-electron chi connectivity index (χ2n) is 5.11. The van der Waals surface area contributed by atoms with E-state index in [0.29, 0.717) is 0 Å². The number of aromatic nitrogens is 1. The summed E-state index contributed by atoms with van der Waals surface area (Å²) in [6.45, 7) is 7.28. The molecule has 1 aliphatic rings. The van der Waals surface area contributed by atoms with Crippen molar-refractivity contribution in [3.05, 3.63) is 11.8 Å². The normalized spacial score (nSPS) is 20.3. The Morgan fingerprint density at radius 3 is 2.75 bits per heavy atom. The first-order chi connectivity index (χ1) is 7.47. The molecule has 0 aliphatic carbocycles. The Labute approximate surface area is 99.6 Å². The Morgan fingerprint density at radius 2 is 2.31 bits per heavy atom. The number of anilines is 1. The van der Waals surface area contributed by atoms with Gasteiger partial charge in [0, 0.05) is 5.41 Å². The zero-order valence-corrected chi connectivity index (χ0v) is 10.6. The fourth-order valence-corrected chi connectivity index (χ4v) is 2.24. The lowest BCUT2D eigenvalue weighted by atomic mass is 9.92. The number of nitrogens with one attached hydrogen (secondary N) is 2. The van der Waals surface area contributed by atoms with Crippen LogP contribution in [0.25, 0.3) is 0 Å². The molecule has 2 heterocycles. The van der Waals surface area contributed by atoms with Crippen LogP contribution in [0.2, 0.25) is 0 Å². The summed E-state index contributed by atoms with van der Waals surface area (Å²) < 4.78 is 4.35. The van der Waals surface area contributed by atoms with Crippen LogP contribution in [-0.2, 0) is 10.2 Å². The molecule has 4 nitrogen and oxygen atoms in total. The highest BCUT2D eigenvalue weighted by Crippen LogP contribution is 2.27. The van der Waals surface area contributed by atoms with Crippen molar-refractivity contribution < 1.29 is 4.79 Å². The maximum absolute atomic E-state index is 11.7. The van der Waals surface area contributed by atoms with Crippen molar-refractivity contribution in [1.29, 1.82) is 0 Å². The maximum atomic E-state index is 11.7. The average Bonchev–Trinajstić information content (AvgIpc) is 2.47. The molecule has 1 aromatic rings. The molecule has 2 N–H and O–H groups in total. The molecule has 0 aromatic carbocycles. The minimum absolute atomic E-state index is 0.0137. The number of hydrogen-bond donors (Lipinski definition) is 2. The second kappa shape index (κ2) is 4.14. The Morgan fingerprint density at radius 1 is 1.62 bits per heavy atom. The zero-order valence-electron chi connectivity index (χ0n) is 9.83. The summed E-state index contributed by atoms with van der Waals surface area (Å²) in [5.74, 6) is 0.0513. The van der Waals surface area contributed by atoms with E-state index in [1.54, 1.807) is 0 Å². The van der Waals surface area contributed by atoms with E-state index in [-0.39, 0.29) is 17.4 Å². The van der Waals surface area contributed by atoms with Crippen molar-refractivity contribution in [3.8, 4) is 0 Å². The van der Waals surface area contributed by atoms with E-state index in [0.717, 1.165) is 23.7 Å². The van der Waals surface area contributed by atoms with Crippen LogP contribution in [-0.4, -0.2) is 22.9 Å². The van der Waals surface area contributed by atoms with Gasteiger partial charge in [0.1, 0.15) is 5.00 Å². The summed E-state index contributed by atoms with van der Waals surface area (Å²) >= 11 is 1.35. The molecule has 2 rings (SSSR count). The van der Waals surface area contributed by atoms with Crippen molar-refractivity contribution in [1.82, 2.24) is 9.69 Å². The molecular weight excluding hydrogens is 222 g/mol.